The molecule has 7 nitrogen and oxygen atoms in total. The molecule has 0 aromatic heterocycles. The smallest absolute Gasteiger partial charge is 0.407 e. The number of carbonyl (C=O) groups excluding carboxylic acids is 2. The van der Waals surface area contributed by atoms with Crippen molar-refractivity contribution in [3.63, 3.8) is 0 Å². The largest absolute Gasteiger partial charge is 0.481 e. The summed E-state index contributed by atoms with van der Waals surface area (Å²) in [5.41, 5.74) is 3.65. The molecule has 2 aromatic rings. The van der Waals surface area contributed by atoms with Gasteiger partial charge in [-0.25, -0.2) is 4.79 Å². The summed E-state index contributed by atoms with van der Waals surface area (Å²) in [6, 6.07) is 15.8. The van der Waals surface area contributed by atoms with Crippen LogP contribution in [0.3, 0.4) is 0 Å². The Morgan fingerprint density at radius 2 is 1.61 bits per heavy atom. The fourth-order valence-corrected chi connectivity index (χ4v) is 4.19. The van der Waals surface area contributed by atoms with Gasteiger partial charge in [0.2, 0.25) is 5.91 Å². The second-order valence-corrected chi connectivity index (χ2v) is 9.12. The average molecular weight is 453 g/mol. The van der Waals surface area contributed by atoms with Crippen molar-refractivity contribution in [3.8, 4) is 11.1 Å². The summed E-state index contributed by atoms with van der Waals surface area (Å²) in [7, 11) is 0. The highest BCUT2D eigenvalue weighted by Gasteiger charge is 2.32. The van der Waals surface area contributed by atoms with Crippen LogP contribution in [-0.4, -0.2) is 42.3 Å². The van der Waals surface area contributed by atoms with Crippen LogP contribution in [0.4, 0.5) is 4.79 Å². The average Bonchev–Trinajstić information content (AvgIpc) is 3.10. The van der Waals surface area contributed by atoms with Gasteiger partial charge in [0.1, 0.15) is 6.61 Å². The zero-order valence-corrected chi connectivity index (χ0v) is 19.4. The first kappa shape index (κ1) is 24.3. The molecule has 176 valence electrons. The first-order valence-corrected chi connectivity index (χ1v) is 11.3. The molecule has 0 saturated carbocycles. The molecule has 0 aliphatic heterocycles. The number of rotatable bonds is 10. The number of hydrogen-bond acceptors (Lipinski definition) is 4. The normalized spacial score (nSPS) is 13.5. The SMILES string of the molecule is CCC[C@H](CC(=O)O)NC(=O)C(C)(C)CNC(=O)OCC1c2ccccc2-c2ccccc21. The third-order valence-electron chi connectivity index (χ3n) is 6.03. The predicted octanol–water partition coefficient (Wildman–Crippen LogP) is 4.31. The zero-order valence-electron chi connectivity index (χ0n) is 19.4. The number of fused-ring (bicyclic) bond motifs is 3. The molecule has 0 unspecified atom stereocenters. The van der Waals surface area contributed by atoms with Crippen molar-refractivity contribution in [1.82, 2.24) is 10.6 Å². The van der Waals surface area contributed by atoms with Crippen LogP contribution < -0.4 is 10.6 Å². The number of benzene rings is 2. The number of carbonyl (C=O) groups is 3. The summed E-state index contributed by atoms with van der Waals surface area (Å²) in [5, 5.41) is 14.5. The number of ether oxygens (including phenoxy) is 1. The molecule has 3 rings (SSSR count). The van der Waals surface area contributed by atoms with E-state index in [-0.39, 0.29) is 31.4 Å². The molecule has 2 aromatic carbocycles. The minimum absolute atomic E-state index is 0.0368. The van der Waals surface area contributed by atoms with Gasteiger partial charge in [-0.1, -0.05) is 61.9 Å². The minimum atomic E-state index is -0.955. The van der Waals surface area contributed by atoms with Gasteiger partial charge >= 0.3 is 12.1 Å². The van der Waals surface area contributed by atoms with Gasteiger partial charge in [-0.3, -0.25) is 9.59 Å². The molecule has 2 amide bonds. The van der Waals surface area contributed by atoms with Crippen LogP contribution >= 0.6 is 0 Å². The van der Waals surface area contributed by atoms with Gasteiger partial charge in [0, 0.05) is 18.5 Å². The molecule has 3 N–H and O–H groups in total. The van der Waals surface area contributed by atoms with E-state index in [2.05, 4.69) is 34.9 Å². The van der Waals surface area contributed by atoms with E-state index in [4.69, 9.17) is 9.84 Å². The summed E-state index contributed by atoms with van der Waals surface area (Å²) in [6.45, 7) is 5.61. The Labute approximate surface area is 194 Å². The van der Waals surface area contributed by atoms with Crippen LogP contribution in [0.1, 0.15) is 57.1 Å². The van der Waals surface area contributed by atoms with E-state index in [1.54, 1.807) is 13.8 Å². The molecular formula is C26H32N2O5. The van der Waals surface area contributed by atoms with Crippen LogP contribution in [0.25, 0.3) is 11.1 Å². The third kappa shape index (κ3) is 5.92. The standard InChI is InChI=1S/C26H32N2O5/c1-4-9-17(14-23(29)30)28-24(31)26(2,3)16-27-25(32)33-15-22-20-12-7-5-10-18(20)19-11-6-8-13-21(19)22/h5-8,10-13,17,22H,4,9,14-16H2,1-3H3,(H,27,32)(H,28,31)(H,29,30)/t17-/m1/s1. The summed E-state index contributed by atoms with van der Waals surface area (Å²) in [6.07, 6.45) is 0.619. The minimum Gasteiger partial charge on any atom is -0.481 e. The first-order valence-electron chi connectivity index (χ1n) is 11.3. The number of amides is 2. The second kappa shape index (κ2) is 10.5. The molecule has 0 radical (unpaired) electrons. The van der Waals surface area contributed by atoms with E-state index in [0.717, 1.165) is 28.7 Å². The summed E-state index contributed by atoms with van der Waals surface area (Å²) in [4.78, 5) is 36.2. The van der Waals surface area contributed by atoms with E-state index >= 15 is 0 Å². The Balaban J connectivity index is 1.55. The molecule has 33 heavy (non-hydrogen) atoms. The predicted molar refractivity (Wildman–Crippen MR) is 126 cm³/mol. The quantitative estimate of drug-likeness (QED) is 0.498. The number of nitrogens with one attached hydrogen (secondary N) is 2. The lowest BCUT2D eigenvalue weighted by Gasteiger charge is -2.27. The lowest BCUT2D eigenvalue weighted by atomic mass is 9.91. The summed E-state index contributed by atoms with van der Waals surface area (Å²) >= 11 is 0. The number of aliphatic carboxylic acids is 1. The van der Waals surface area contributed by atoms with Gasteiger partial charge in [-0.15, -0.1) is 0 Å². The highest BCUT2D eigenvalue weighted by Crippen LogP contribution is 2.44. The van der Waals surface area contributed by atoms with E-state index in [1.165, 1.54) is 0 Å². The Bertz CT molecular complexity index is 972. The number of carboxylic acid groups (broad SMARTS) is 1. The Morgan fingerprint density at radius 3 is 2.15 bits per heavy atom. The maximum atomic E-state index is 12.7. The van der Waals surface area contributed by atoms with E-state index in [9.17, 15) is 14.4 Å². The van der Waals surface area contributed by atoms with Crippen LogP contribution in [0, 0.1) is 5.41 Å². The molecule has 0 saturated heterocycles. The van der Waals surface area contributed by atoms with Gasteiger partial charge in [0.25, 0.3) is 0 Å². The van der Waals surface area contributed by atoms with Crippen LogP contribution in [-0.2, 0) is 14.3 Å². The molecule has 0 bridgehead atoms. The molecule has 0 spiro atoms. The third-order valence-corrected chi connectivity index (χ3v) is 6.03. The Hall–Kier alpha value is -3.35. The van der Waals surface area contributed by atoms with Crippen molar-refractivity contribution in [1.29, 1.82) is 0 Å². The maximum absolute atomic E-state index is 12.7. The molecule has 1 aliphatic rings. The number of carboxylic acids is 1. The monoisotopic (exact) mass is 452 g/mol. The van der Waals surface area contributed by atoms with Crippen LogP contribution in [0.2, 0.25) is 0 Å². The van der Waals surface area contributed by atoms with Gasteiger partial charge in [0.15, 0.2) is 0 Å². The van der Waals surface area contributed by atoms with E-state index < -0.39 is 23.5 Å². The molecule has 1 atom stereocenters. The van der Waals surface area contributed by atoms with Gasteiger partial charge in [-0.2, -0.15) is 0 Å². The van der Waals surface area contributed by atoms with Crippen molar-refractivity contribution in [2.75, 3.05) is 13.2 Å². The highest BCUT2D eigenvalue weighted by molar-refractivity contribution is 5.83. The van der Waals surface area contributed by atoms with E-state index in [1.807, 2.05) is 31.2 Å². The maximum Gasteiger partial charge on any atom is 0.407 e. The highest BCUT2D eigenvalue weighted by atomic mass is 16.5. The molecule has 7 heteroatoms. The lowest BCUT2D eigenvalue weighted by Crippen LogP contribution is -2.48. The summed E-state index contributed by atoms with van der Waals surface area (Å²) in [5.74, 6) is -1.30. The second-order valence-electron chi connectivity index (χ2n) is 9.12. The van der Waals surface area contributed by atoms with Crippen molar-refractivity contribution in [2.45, 2.75) is 52.0 Å². The zero-order chi connectivity index (χ0) is 24.0. The molecule has 0 heterocycles. The van der Waals surface area contributed by atoms with Crippen molar-refractivity contribution >= 4 is 18.0 Å². The molecule has 0 fully saturated rings. The topological polar surface area (TPSA) is 105 Å². The Kier molecular flexibility index (Phi) is 7.74. The van der Waals surface area contributed by atoms with E-state index in [0.29, 0.717) is 6.42 Å². The number of alkyl carbamates (subject to hydrolysis) is 1. The van der Waals surface area contributed by atoms with Crippen molar-refractivity contribution < 1.29 is 24.2 Å². The van der Waals surface area contributed by atoms with Gasteiger partial charge < -0.3 is 20.5 Å². The number of hydrogen-bond donors (Lipinski definition) is 3. The first-order chi connectivity index (χ1) is 15.7. The van der Waals surface area contributed by atoms with Gasteiger partial charge in [-0.05, 0) is 42.5 Å². The Morgan fingerprint density at radius 1 is 1.03 bits per heavy atom. The van der Waals surface area contributed by atoms with Gasteiger partial charge in [0.05, 0.1) is 11.8 Å². The molecule has 1 aliphatic carbocycles. The van der Waals surface area contributed by atoms with Crippen LogP contribution in [0.15, 0.2) is 48.5 Å². The fraction of sp³-hybridized carbons (Fsp3) is 0.423. The fourth-order valence-electron chi connectivity index (χ4n) is 4.19. The summed E-state index contributed by atoms with van der Waals surface area (Å²) < 4.78 is 5.53. The van der Waals surface area contributed by atoms with Crippen LogP contribution in [0.5, 0.6) is 0 Å². The molecular weight excluding hydrogens is 420 g/mol. The van der Waals surface area contributed by atoms with Crippen molar-refractivity contribution in [3.05, 3.63) is 59.7 Å². The van der Waals surface area contributed by atoms with Crippen molar-refractivity contribution in [2.24, 2.45) is 5.41 Å². The lowest BCUT2D eigenvalue weighted by molar-refractivity contribution is -0.138.